The molecule has 1 N–H and O–H groups in total. The quantitative estimate of drug-likeness (QED) is 0.740. The van der Waals surface area contributed by atoms with Crippen LogP contribution in [-0.4, -0.2) is 18.6 Å². The van der Waals surface area contributed by atoms with Crippen LogP contribution in [-0.2, 0) is 22.3 Å². The van der Waals surface area contributed by atoms with E-state index in [-0.39, 0.29) is 18.0 Å². The summed E-state index contributed by atoms with van der Waals surface area (Å²) < 4.78 is 45.0. The Kier molecular flexibility index (Phi) is 4.68. The van der Waals surface area contributed by atoms with E-state index in [0.717, 1.165) is 5.56 Å². The Balaban J connectivity index is 1.65. The highest BCUT2D eigenvalue weighted by Crippen LogP contribution is 2.15. The molecule has 0 amide bonds. The van der Waals surface area contributed by atoms with Gasteiger partial charge in [-0.15, -0.1) is 0 Å². The largest absolute Gasteiger partial charge is 0.338 e. The predicted octanol–water partition coefficient (Wildman–Crippen LogP) is 2.50. The Morgan fingerprint density at radius 1 is 1.04 bits per heavy atom. The van der Waals surface area contributed by atoms with E-state index in [1.807, 2.05) is 30.3 Å². The molecular formula is C16H14FN3O3S. The molecule has 2 aromatic carbocycles. The number of hydrogen-bond donors (Lipinski definition) is 1. The Bertz CT molecular complexity index is 927. The lowest BCUT2D eigenvalue weighted by Crippen LogP contribution is -2.25. The van der Waals surface area contributed by atoms with E-state index in [2.05, 4.69) is 14.9 Å². The van der Waals surface area contributed by atoms with Gasteiger partial charge in [0.1, 0.15) is 5.82 Å². The Labute approximate surface area is 138 Å². The standard InChI is InChI=1S/C16H14FN3O3S/c17-14-9-5-4-8-13(14)11-24(21,22)18-10-15-19-16(20-23-15)12-6-2-1-3-7-12/h1-9,18H,10-11H2. The summed E-state index contributed by atoms with van der Waals surface area (Å²) in [6.45, 7) is -0.156. The van der Waals surface area contributed by atoms with Gasteiger partial charge in [0, 0.05) is 11.1 Å². The van der Waals surface area contributed by atoms with Crippen molar-refractivity contribution in [2.24, 2.45) is 0 Å². The van der Waals surface area contributed by atoms with Crippen LogP contribution in [0.2, 0.25) is 0 Å². The smallest absolute Gasteiger partial charge is 0.242 e. The highest BCUT2D eigenvalue weighted by atomic mass is 32.2. The van der Waals surface area contributed by atoms with Gasteiger partial charge in [-0.2, -0.15) is 4.98 Å². The molecule has 24 heavy (non-hydrogen) atoms. The molecule has 0 atom stereocenters. The molecule has 0 spiro atoms. The first-order valence-corrected chi connectivity index (χ1v) is 8.77. The van der Waals surface area contributed by atoms with Crippen LogP contribution in [0.15, 0.2) is 59.1 Å². The molecule has 0 aliphatic heterocycles. The number of sulfonamides is 1. The van der Waals surface area contributed by atoms with E-state index >= 15 is 0 Å². The molecule has 0 unspecified atom stereocenters. The lowest BCUT2D eigenvalue weighted by Gasteiger charge is -2.05. The Morgan fingerprint density at radius 2 is 1.75 bits per heavy atom. The van der Waals surface area contributed by atoms with E-state index in [1.165, 1.54) is 18.2 Å². The number of aromatic nitrogens is 2. The van der Waals surface area contributed by atoms with Crippen LogP contribution in [0.25, 0.3) is 11.4 Å². The van der Waals surface area contributed by atoms with E-state index in [0.29, 0.717) is 5.82 Å². The average molecular weight is 347 g/mol. The fourth-order valence-electron chi connectivity index (χ4n) is 2.07. The molecule has 6 nitrogen and oxygen atoms in total. The van der Waals surface area contributed by atoms with Gasteiger partial charge < -0.3 is 4.52 Å². The van der Waals surface area contributed by atoms with Crippen LogP contribution >= 0.6 is 0 Å². The summed E-state index contributed by atoms with van der Waals surface area (Å²) in [5.41, 5.74) is 0.863. The number of nitrogens with one attached hydrogen (secondary N) is 1. The third kappa shape index (κ3) is 4.03. The molecule has 0 radical (unpaired) electrons. The van der Waals surface area contributed by atoms with Crippen molar-refractivity contribution in [3.05, 3.63) is 71.9 Å². The third-order valence-electron chi connectivity index (χ3n) is 3.25. The van der Waals surface area contributed by atoms with Crippen molar-refractivity contribution in [2.75, 3.05) is 0 Å². The van der Waals surface area contributed by atoms with Crippen molar-refractivity contribution >= 4 is 10.0 Å². The van der Waals surface area contributed by atoms with Crippen LogP contribution < -0.4 is 4.72 Å². The molecule has 8 heteroatoms. The van der Waals surface area contributed by atoms with Gasteiger partial charge in [0.2, 0.25) is 21.7 Å². The average Bonchev–Trinajstić information content (AvgIpc) is 3.05. The molecule has 0 fully saturated rings. The number of hydrogen-bond acceptors (Lipinski definition) is 5. The second kappa shape index (κ2) is 6.90. The summed E-state index contributed by atoms with van der Waals surface area (Å²) in [7, 11) is -3.73. The Hall–Kier alpha value is -2.58. The van der Waals surface area contributed by atoms with E-state index in [4.69, 9.17) is 4.52 Å². The monoisotopic (exact) mass is 347 g/mol. The van der Waals surface area contributed by atoms with Crippen molar-refractivity contribution in [3.63, 3.8) is 0 Å². The SMILES string of the molecule is O=S(=O)(Cc1ccccc1F)NCc1nc(-c2ccccc2)no1. The predicted molar refractivity (Wildman–Crippen MR) is 85.6 cm³/mol. The highest BCUT2D eigenvalue weighted by Gasteiger charge is 2.16. The first kappa shape index (κ1) is 16.3. The van der Waals surface area contributed by atoms with Crippen molar-refractivity contribution in [1.82, 2.24) is 14.9 Å². The minimum Gasteiger partial charge on any atom is -0.338 e. The van der Waals surface area contributed by atoms with Gasteiger partial charge in [-0.1, -0.05) is 53.7 Å². The van der Waals surface area contributed by atoms with Crippen LogP contribution in [0.5, 0.6) is 0 Å². The van der Waals surface area contributed by atoms with E-state index < -0.39 is 21.6 Å². The summed E-state index contributed by atoms with van der Waals surface area (Å²) in [4.78, 5) is 4.13. The van der Waals surface area contributed by atoms with Gasteiger partial charge in [0.05, 0.1) is 12.3 Å². The third-order valence-corrected chi connectivity index (χ3v) is 4.52. The topological polar surface area (TPSA) is 85.1 Å². The molecule has 0 aliphatic carbocycles. The zero-order chi connectivity index (χ0) is 17.0. The Morgan fingerprint density at radius 3 is 2.50 bits per heavy atom. The second-order valence-electron chi connectivity index (χ2n) is 5.05. The van der Waals surface area contributed by atoms with Gasteiger partial charge in [-0.05, 0) is 6.07 Å². The number of nitrogens with zero attached hydrogens (tertiary/aromatic N) is 2. The van der Waals surface area contributed by atoms with Crippen molar-refractivity contribution in [1.29, 1.82) is 0 Å². The normalized spacial score (nSPS) is 11.5. The molecule has 1 aromatic heterocycles. The maximum Gasteiger partial charge on any atom is 0.242 e. The number of benzene rings is 2. The lowest BCUT2D eigenvalue weighted by molar-refractivity contribution is 0.376. The van der Waals surface area contributed by atoms with Gasteiger partial charge in [0.15, 0.2) is 0 Å². The van der Waals surface area contributed by atoms with Crippen molar-refractivity contribution in [2.45, 2.75) is 12.3 Å². The molecule has 0 saturated heterocycles. The summed E-state index contributed by atoms with van der Waals surface area (Å²) >= 11 is 0. The summed E-state index contributed by atoms with van der Waals surface area (Å²) in [5, 5.41) is 3.80. The fraction of sp³-hybridized carbons (Fsp3) is 0.125. The summed E-state index contributed by atoms with van der Waals surface area (Å²) in [5.74, 6) is -0.517. The molecular weight excluding hydrogens is 333 g/mol. The van der Waals surface area contributed by atoms with Crippen LogP contribution in [0, 0.1) is 5.82 Å². The second-order valence-corrected chi connectivity index (χ2v) is 6.86. The van der Waals surface area contributed by atoms with E-state index in [9.17, 15) is 12.8 Å². The molecule has 3 rings (SSSR count). The van der Waals surface area contributed by atoms with Gasteiger partial charge >= 0.3 is 0 Å². The minimum absolute atomic E-state index is 0.0977. The van der Waals surface area contributed by atoms with Gasteiger partial charge in [-0.3, -0.25) is 0 Å². The minimum atomic E-state index is -3.73. The summed E-state index contributed by atoms with van der Waals surface area (Å²) in [6, 6.07) is 14.9. The van der Waals surface area contributed by atoms with Crippen molar-refractivity contribution in [3.8, 4) is 11.4 Å². The number of halogens is 1. The molecule has 0 bridgehead atoms. The molecule has 124 valence electrons. The van der Waals surface area contributed by atoms with Crippen LogP contribution in [0.1, 0.15) is 11.5 Å². The molecule has 0 saturated carbocycles. The molecule has 3 aromatic rings. The van der Waals surface area contributed by atoms with Gasteiger partial charge in [-0.25, -0.2) is 17.5 Å². The summed E-state index contributed by atoms with van der Waals surface area (Å²) in [6.07, 6.45) is 0. The number of rotatable bonds is 6. The van der Waals surface area contributed by atoms with Crippen molar-refractivity contribution < 1.29 is 17.3 Å². The maximum atomic E-state index is 13.5. The maximum absolute atomic E-state index is 13.5. The highest BCUT2D eigenvalue weighted by molar-refractivity contribution is 7.88. The zero-order valence-corrected chi connectivity index (χ0v) is 13.3. The molecule has 0 aliphatic rings. The zero-order valence-electron chi connectivity index (χ0n) is 12.5. The van der Waals surface area contributed by atoms with Crippen LogP contribution in [0.4, 0.5) is 4.39 Å². The first-order valence-electron chi connectivity index (χ1n) is 7.12. The first-order chi connectivity index (χ1) is 11.5. The van der Waals surface area contributed by atoms with Gasteiger partial charge in [0.25, 0.3) is 0 Å². The fourth-order valence-corrected chi connectivity index (χ4v) is 3.16. The lowest BCUT2D eigenvalue weighted by atomic mass is 10.2. The molecule has 1 heterocycles. The van der Waals surface area contributed by atoms with E-state index in [1.54, 1.807) is 6.07 Å². The van der Waals surface area contributed by atoms with Crippen LogP contribution in [0.3, 0.4) is 0 Å².